The Morgan fingerprint density at radius 2 is 2.45 bits per heavy atom. The third kappa shape index (κ3) is 1.91. The maximum Gasteiger partial charge on any atom is 0.314 e. The van der Waals surface area contributed by atoms with Crippen LogP contribution in [0.4, 0.5) is 0 Å². The molecule has 0 bridgehead atoms. The largest absolute Gasteiger partial charge is 0.466 e. The number of aliphatic hydroxyl groups is 1. The van der Waals surface area contributed by atoms with Gasteiger partial charge in [0.2, 0.25) is 0 Å². The molecule has 1 rings (SSSR count). The van der Waals surface area contributed by atoms with Gasteiger partial charge >= 0.3 is 5.97 Å². The molecule has 2 atom stereocenters. The van der Waals surface area contributed by atoms with E-state index < -0.39 is 12.0 Å². The van der Waals surface area contributed by atoms with Gasteiger partial charge in [-0.15, -0.1) is 0 Å². The quantitative estimate of drug-likeness (QED) is 0.556. The van der Waals surface area contributed by atoms with Crippen molar-refractivity contribution in [2.75, 3.05) is 19.8 Å². The average Bonchev–Trinajstić information content (AvgIpc) is 2.36. The first-order valence-corrected chi connectivity index (χ1v) is 3.68. The number of rotatable bonds is 2. The van der Waals surface area contributed by atoms with Crippen molar-refractivity contribution < 1.29 is 19.4 Å². The molecule has 0 amide bonds. The Hall–Kier alpha value is -0.610. The van der Waals surface area contributed by atoms with Gasteiger partial charge in [-0.25, -0.2) is 0 Å². The van der Waals surface area contributed by atoms with Crippen molar-refractivity contribution in [3.63, 3.8) is 0 Å². The predicted molar refractivity (Wildman–Crippen MR) is 36.9 cm³/mol. The highest BCUT2D eigenvalue weighted by atomic mass is 16.5. The lowest BCUT2D eigenvalue weighted by Crippen LogP contribution is -2.28. The van der Waals surface area contributed by atoms with Crippen LogP contribution in [-0.4, -0.2) is 37.0 Å². The van der Waals surface area contributed by atoms with Gasteiger partial charge in [-0.05, 0) is 6.92 Å². The van der Waals surface area contributed by atoms with E-state index in [1.807, 2.05) is 0 Å². The van der Waals surface area contributed by atoms with E-state index in [9.17, 15) is 4.79 Å². The van der Waals surface area contributed by atoms with Crippen LogP contribution in [0.25, 0.3) is 0 Å². The molecule has 1 saturated heterocycles. The first kappa shape index (κ1) is 8.49. The van der Waals surface area contributed by atoms with Crippen molar-refractivity contribution in [3.05, 3.63) is 0 Å². The van der Waals surface area contributed by atoms with Gasteiger partial charge in [0.1, 0.15) is 5.92 Å². The highest BCUT2D eigenvalue weighted by Crippen LogP contribution is 2.14. The van der Waals surface area contributed by atoms with Gasteiger partial charge in [0.05, 0.1) is 25.9 Å². The smallest absolute Gasteiger partial charge is 0.314 e. The molecule has 0 spiro atoms. The van der Waals surface area contributed by atoms with E-state index in [0.29, 0.717) is 6.61 Å². The first-order chi connectivity index (χ1) is 5.25. The van der Waals surface area contributed by atoms with Gasteiger partial charge in [-0.1, -0.05) is 0 Å². The van der Waals surface area contributed by atoms with Crippen LogP contribution in [0.1, 0.15) is 6.92 Å². The second kappa shape index (κ2) is 3.69. The zero-order valence-electron chi connectivity index (χ0n) is 6.45. The van der Waals surface area contributed by atoms with Gasteiger partial charge in [-0.2, -0.15) is 0 Å². The number of hydrogen-bond acceptors (Lipinski definition) is 4. The fraction of sp³-hybridized carbons (Fsp3) is 0.857. The van der Waals surface area contributed by atoms with Gasteiger partial charge in [0.25, 0.3) is 0 Å². The van der Waals surface area contributed by atoms with Crippen LogP contribution in [-0.2, 0) is 14.3 Å². The predicted octanol–water partition coefficient (Wildman–Crippen LogP) is -0.443. The van der Waals surface area contributed by atoms with E-state index in [0.717, 1.165) is 0 Å². The first-order valence-electron chi connectivity index (χ1n) is 3.68. The van der Waals surface area contributed by atoms with Crippen LogP contribution < -0.4 is 0 Å². The van der Waals surface area contributed by atoms with E-state index in [1.165, 1.54) is 0 Å². The molecular weight excluding hydrogens is 148 g/mol. The minimum absolute atomic E-state index is 0.240. The van der Waals surface area contributed by atoms with E-state index in [4.69, 9.17) is 14.6 Å². The second-order valence-corrected chi connectivity index (χ2v) is 2.46. The Kier molecular flexibility index (Phi) is 2.84. The molecule has 1 heterocycles. The van der Waals surface area contributed by atoms with Gasteiger partial charge < -0.3 is 14.6 Å². The second-order valence-electron chi connectivity index (χ2n) is 2.46. The number of aliphatic hydroxyl groups excluding tert-OH is 1. The number of ether oxygens (including phenoxy) is 2. The minimum atomic E-state index is -0.686. The van der Waals surface area contributed by atoms with Crippen molar-refractivity contribution >= 4 is 5.97 Å². The van der Waals surface area contributed by atoms with Gasteiger partial charge in [0.15, 0.2) is 0 Å². The Balaban J connectivity index is 2.39. The molecular formula is C7H12O4. The van der Waals surface area contributed by atoms with Crippen molar-refractivity contribution in [1.29, 1.82) is 0 Å². The monoisotopic (exact) mass is 160 g/mol. The SMILES string of the molecule is CCOC(=O)C1COCC1O. The van der Waals surface area contributed by atoms with E-state index >= 15 is 0 Å². The molecule has 0 aliphatic carbocycles. The maximum atomic E-state index is 11.0. The summed E-state index contributed by atoms with van der Waals surface area (Å²) in [5.74, 6) is -0.840. The molecule has 64 valence electrons. The number of carbonyl (C=O) groups is 1. The highest BCUT2D eigenvalue weighted by Gasteiger charge is 2.33. The van der Waals surface area contributed by atoms with E-state index in [-0.39, 0.29) is 19.2 Å². The molecule has 0 aromatic heterocycles. The lowest BCUT2D eigenvalue weighted by Gasteiger charge is -2.09. The molecule has 0 saturated carbocycles. The van der Waals surface area contributed by atoms with E-state index in [2.05, 4.69) is 0 Å². The minimum Gasteiger partial charge on any atom is -0.466 e. The Morgan fingerprint density at radius 1 is 1.73 bits per heavy atom. The summed E-state index contributed by atoms with van der Waals surface area (Å²) in [6.45, 7) is 2.60. The van der Waals surface area contributed by atoms with Gasteiger partial charge in [0, 0.05) is 0 Å². The summed E-state index contributed by atoms with van der Waals surface area (Å²) < 4.78 is 9.60. The summed E-state index contributed by atoms with van der Waals surface area (Å²) >= 11 is 0. The molecule has 1 aliphatic rings. The molecule has 11 heavy (non-hydrogen) atoms. The zero-order chi connectivity index (χ0) is 8.27. The third-order valence-corrected chi connectivity index (χ3v) is 1.64. The molecule has 1 fully saturated rings. The lowest BCUT2D eigenvalue weighted by atomic mass is 10.1. The number of esters is 1. The topological polar surface area (TPSA) is 55.8 Å². The number of carbonyl (C=O) groups excluding carboxylic acids is 1. The summed E-state index contributed by atoms with van der Waals surface area (Å²) in [6, 6.07) is 0. The summed E-state index contributed by atoms with van der Waals surface area (Å²) in [6.07, 6.45) is -0.686. The Morgan fingerprint density at radius 3 is 2.91 bits per heavy atom. The highest BCUT2D eigenvalue weighted by molar-refractivity contribution is 5.73. The van der Waals surface area contributed by atoms with Crippen LogP contribution in [0.3, 0.4) is 0 Å². The van der Waals surface area contributed by atoms with Crippen molar-refractivity contribution in [3.8, 4) is 0 Å². The lowest BCUT2D eigenvalue weighted by molar-refractivity contribution is -0.150. The Bertz CT molecular complexity index is 145. The van der Waals surface area contributed by atoms with Crippen LogP contribution in [0.5, 0.6) is 0 Å². The van der Waals surface area contributed by atoms with Crippen LogP contribution >= 0.6 is 0 Å². The maximum absolute atomic E-state index is 11.0. The van der Waals surface area contributed by atoms with Crippen LogP contribution in [0.15, 0.2) is 0 Å². The van der Waals surface area contributed by atoms with Crippen molar-refractivity contribution in [2.24, 2.45) is 5.92 Å². The van der Waals surface area contributed by atoms with E-state index in [1.54, 1.807) is 6.92 Å². The molecule has 4 heteroatoms. The van der Waals surface area contributed by atoms with Crippen LogP contribution in [0, 0.1) is 5.92 Å². The summed E-state index contributed by atoms with van der Waals surface area (Å²) in [4.78, 5) is 11.0. The average molecular weight is 160 g/mol. The molecule has 2 unspecified atom stereocenters. The Labute approximate surface area is 65.1 Å². The number of hydrogen-bond donors (Lipinski definition) is 1. The van der Waals surface area contributed by atoms with Crippen LogP contribution in [0.2, 0.25) is 0 Å². The molecule has 0 aromatic rings. The van der Waals surface area contributed by atoms with Crippen molar-refractivity contribution in [2.45, 2.75) is 13.0 Å². The summed E-state index contributed by atoms with van der Waals surface area (Å²) in [7, 11) is 0. The summed E-state index contributed by atoms with van der Waals surface area (Å²) in [5.41, 5.74) is 0. The zero-order valence-corrected chi connectivity index (χ0v) is 6.45. The standard InChI is InChI=1S/C7H12O4/c1-2-11-7(9)5-3-10-4-6(5)8/h5-6,8H,2-4H2,1H3. The third-order valence-electron chi connectivity index (χ3n) is 1.64. The van der Waals surface area contributed by atoms with Gasteiger partial charge in [-0.3, -0.25) is 4.79 Å². The fourth-order valence-corrected chi connectivity index (χ4v) is 1.02. The summed E-state index contributed by atoms with van der Waals surface area (Å²) in [5, 5.41) is 9.16. The molecule has 0 aromatic carbocycles. The molecule has 1 aliphatic heterocycles. The fourth-order valence-electron chi connectivity index (χ4n) is 1.02. The normalized spacial score (nSPS) is 30.4. The molecule has 0 radical (unpaired) electrons. The molecule has 1 N–H and O–H groups in total. The molecule has 4 nitrogen and oxygen atoms in total. The van der Waals surface area contributed by atoms with Crippen molar-refractivity contribution in [1.82, 2.24) is 0 Å².